The lowest BCUT2D eigenvalue weighted by Crippen LogP contribution is -2.18. The number of hydrogen-bond donors (Lipinski definition) is 1. The molecule has 0 saturated carbocycles. The molecule has 6 heteroatoms. The zero-order chi connectivity index (χ0) is 10.8. The smallest absolute Gasteiger partial charge is 0.303 e. The zero-order valence-corrected chi connectivity index (χ0v) is 8.09. The Labute approximate surface area is 86.1 Å². The zero-order valence-electron chi connectivity index (χ0n) is 8.09. The topological polar surface area (TPSA) is 75.4 Å². The fourth-order valence-corrected chi connectivity index (χ4v) is 1.74. The van der Waals surface area contributed by atoms with Crippen LogP contribution in [0.5, 0.6) is 0 Å². The van der Waals surface area contributed by atoms with Crippen LogP contribution in [0.1, 0.15) is 12.0 Å². The van der Waals surface area contributed by atoms with Gasteiger partial charge in [0.25, 0.3) is 0 Å². The van der Waals surface area contributed by atoms with Crippen molar-refractivity contribution in [2.45, 2.75) is 19.4 Å². The van der Waals surface area contributed by atoms with Crippen LogP contribution < -0.4 is 4.90 Å². The Bertz CT molecular complexity index is 399. The lowest BCUT2D eigenvalue weighted by Gasteiger charge is -2.08. The van der Waals surface area contributed by atoms with Crippen molar-refractivity contribution >= 4 is 18.2 Å². The summed E-state index contributed by atoms with van der Waals surface area (Å²) in [6.45, 7) is 1.30. The summed E-state index contributed by atoms with van der Waals surface area (Å²) in [7, 11) is 0. The van der Waals surface area contributed by atoms with Crippen LogP contribution >= 0.6 is 0 Å². The van der Waals surface area contributed by atoms with Crippen molar-refractivity contribution in [3.63, 3.8) is 0 Å². The lowest BCUT2D eigenvalue weighted by molar-refractivity contribution is -0.136. The Hall–Kier alpha value is -1.85. The number of nitrogens with zero attached hydrogens (tertiary/aromatic N) is 3. The van der Waals surface area contributed by atoms with Gasteiger partial charge in [-0.05, 0) is 6.42 Å². The van der Waals surface area contributed by atoms with Crippen LogP contribution in [0.15, 0.2) is 6.20 Å². The van der Waals surface area contributed by atoms with Gasteiger partial charge in [-0.1, -0.05) is 0 Å². The third-order valence-corrected chi connectivity index (χ3v) is 2.44. The van der Waals surface area contributed by atoms with E-state index in [-0.39, 0.29) is 6.42 Å². The summed E-state index contributed by atoms with van der Waals surface area (Å²) in [5.41, 5.74) is 0.821. The van der Waals surface area contributed by atoms with Crippen LogP contribution in [-0.4, -0.2) is 33.8 Å². The van der Waals surface area contributed by atoms with Gasteiger partial charge in [0, 0.05) is 18.5 Å². The second-order valence-corrected chi connectivity index (χ2v) is 3.41. The molecular weight excluding hydrogens is 198 g/mol. The first-order valence-electron chi connectivity index (χ1n) is 4.71. The summed E-state index contributed by atoms with van der Waals surface area (Å²) in [6, 6.07) is 0. The number of carboxylic acid groups (broad SMARTS) is 1. The normalized spacial score (nSPS) is 14.0. The molecule has 2 rings (SSSR count). The number of carbonyl (C=O) groups excluding carboxylic acids is 1. The third kappa shape index (κ3) is 1.70. The molecular formula is C9H11N3O3. The predicted octanol–water partition coefficient (Wildman–Crippen LogP) is -0.123. The van der Waals surface area contributed by atoms with Crippen LogP contribution in [-0.2, 0) is 22.6 Å². The number of hydrogen-bond acceptors (Lipinski definition) is 3. The Morgan fingerprint density at radius 3 is 3.07 bits per heavy atom. The van der Waals surface area contributed by atoms with E-state index in [2.05, 4.69) is 5.10 Å². The monoisotopic (exact) mass is 209 g/mol. The molecule has 0 spiro atoms. The number of carboxylic acids is 1. The highest BCUT2D eigenvalue weighted by molar-refractivity contribution is 5.76. The molecule has 2 heterocycles. The fourth-order valence-electron chi connectivity index (χ4n) is 1.74. The SMILES string of the molecule is O=CN1CCn2ncc(CCC(=O)O)c21. The lowest BCUT2D eigenvalue weighted by atomic mass is 10.2. The maximum absolute atomic E-state index is 10.7. The average Bonchev–Trinajstić information content (AvgIpc) is 2.75. The van der Waals surface area contributed by atoms with Gasteiger partial charge in [0.15, 0.2) is 0 Å². The van der Waals surface area contributed by atoms with E-state index in [1.165, 1.54) is 0 Å². The summed E-state index contributed by atoms with van der Waals surface area (Å²) in [5, 5.41) is 12.7. The van der Waals surface area contributed by atoms with E-state index in [9.17, 15) is 9.59 Å². The maximum Gasteiger partial charge on any atom is 0.303 e. The van der Waals surface area contributed by atoms with Crippen LogP contribution in [0.3, 0.4) is 0 Å². The molecule has 1 aromatic heterocycles. The van der Waals surface area contributed by atoms with E-state index in [4.69, 9.17) is 5.11 Å². The minimum atomic E-state index is -0.842. The van der Waals surface area contributed by atoms with Crippen molar-refractivity contribution < 1.29 is 14.7 Å². The van der Waals surface area contributed by atoms with Crippen LogP contribution in [0.4, 0.5) is 5.82 Å². The van der Waals surface area contributed by atoms with Crippen molar-refractivity contribution in [1.82, 2.24) is 9.78 Å². The van der Waals surface area contributed by atoms with Gasteiger partial charge >= 0.3 is 5.97 Å². The summed E-state index contributed by atoms with van der Waals surface area (Å²) in [6.07, 6.45) is 2.86. The number of aromatic nitrogens is 2. The predicted molar refractivity (Wildman–Crippen MR) is 51.6 cm³/mol. The van der Waals surface area contributed by atoms with Crippen molar-refractivity contribution in [2.75, 3.05) is 11.4 Å². The number of aliphatic carboxylic acids is 1. The molecule has 1 aliphatic heterocycles. The van der Waals surface area contributed by atoms with Crippen molar-refractivity contribution in [1.29, 1.82) is 0 Å². The molecule has 0 fully saturated rings. The van der Waals surface area contributed by atoms with Gasteiger partial charge in [-0.15, -0.1) is 0 Å². The van der Waals surface area contributed by atoms with Crippen molar-refractivity contribution in [3.05, 3.63) is 11.8 Å². The highest BCUT2D eigenvalue weighted by Crippen LogP contribution is 2.25. The number of anilines is 1. The summed E-state index contributed by atoms with van der Waals surface area (Å²) < 4.78 is 1.73. The van der Waals surface area contributed by atoms with Gasteiger partial charge in [-0.2, -0.15) is 5.10 Å². The average molecular weight is 209 g/mol. The van der Waals surface area contributed by atoms with Crippen molar-refractivity contribution in [3.8, 4) is 0 Å². The van der Waals surface area contributed by atoms with Crippen molar-refractivity contribution in [2.24, 2.45) is 0 Å². The van der Waals surface area contributed by atoms with E-state index in [0.29, 0.717) is 19.5 Å². The molecule has 1 aromatic rings. The van der Waals surface area contributed by atoms with Gasteiger partial charge in [0.1, 0.15) is 5.82 Å². The number of carbonyl (C=O) groups is 2. The minimum absolute atomic E-state index is 0.0609. The summed E-state index contributed by atoms with van der Waals surface area (Å²) in [4.78, 5) is 22.7. The molecule has 0 aliphatic carbocycles. The van der Waals surface area contributed by atoms with Crippen LogP contribution in [0.25, 0.3) is 0 Å². The quantitative estimate of drug-likeness (QED) is 0.701. The number of aryl methyl sites for hydroxylation is 1. The van der Waals surface area contributed by atoms with Crippen LogP contribution in [0.2, 0.25) is 0 Å². The highest BCUT2D eigenvalue weighted by Gasteiger charge is 2.23. The van der Waals surface area contributed by atoms with Gasteiger partial charge in [0.2, 0.25) is 6.41 Å². The molecule has 0 unspecified atom stereocenters. The molecule has 15 heavy (non-hydrogen) atoms. The van der Waals surface area contributed by atoms with Crippen LogP contribution in [0, 0.1) is 0 Å². The number of fused-ring (bicyclic) bond motifs is 1. The molecule has 0 atom stereocenters. The second kappa shape index (κ2) is 3.72. The first-order chi connectivity index (χ1) is 7.22. The van der Waals surface area contributed by atoms with Gasteiger partial charge in [-0.25, -0.2) is 4.68 Å². The number of rotatable bonds is 4. The van der Waals surface area contributed by atoms with E-state index in [1.54, 1.807) is 15.8 Å². The summed E-state index contributed by atoms with van der Waals surface area (Å²) >= 11 is 0. The number of amides is 1. The maximum atomic E-state index is 10.7. The van der Waals surface area contributed by atoms with Gasteiger partial charge in [0.05, 0.1) is 12.7 Å². The fraction of sp³-hybridized carbons (Fsp3) is 0.444. The largest absolute Gasteiger partial charge is 0.481 e. The molecule has 1 N–H and O–H groups in total. The van der Waals surface area contributed by atoms with Gasteiger partial charge in [-0.3, -0.25) is 14.5 Å². The molecule has 0 bridgehead atoms. The van der Waals surface area contributed by atoms with E-state index < -0.39 is 5.97 Å². The summed E-state index contributed by atoms with van der Waals surface area (Å²) in [5.74, 6) is -0.100. The first-order valence-corrected chi connectivity index (χ1v) is 4.71. The van der Waals surface area contributed by atoms with E-state index in [0.717, 1.165) is 17.8 Å². The molecule has 0 saturated heterocycles. The highest BCUT2D eigenvalue weighted by atomic mass is 16.4. The van der Waals surface area contributed by atoms with E-state index in [1.807, 2.05) is 0 Å². The molecule has 0 radical (unpaired) electrons. The third-order valence-electron chi connectivity index (χ3n) is 2.44. The van der Waals surface area contributed by atoms with Gasteiger partial charge < -0.3 is 5.11 Å². The molecule has 0 aromatic carbocycles. The molecule has 1 aliphatic rings. The Balaban J connectivity index is 2.19. The Kier molecular flexibility index (Phi) is 2.40. The first kappa shape index (κ1) is 9.70. The Morgan fingerprint density at radius 2 is 2.40 bits per heavy atom. The minimum Gasteiger partial charge on any atom is -0.481 e. The molecule has 6 nitrogen and oxygen atoms in total. The standard InChI is InChI=1S/C9H11N3O3/c13-6-11-3-4-12-9(11)7(5-10-12)1-2-8(14)15/h5-6H,1-4H2,(H,14,15). The molecule has 1 amide bonds. The molecule has 80 valence electrons. The van der Waals surface area contributed by atoms with E-state index >= 15 is 0 Å². The Morgan fingerprint density at radius 1 is 1.60 bits per heavy atom. The second-order valence-electron chi connectivity index (χ2n) is 3.41.